The summed E-state index contributed by atoms with van der Waals surface area (Å²) in [5, 5.41) is 14.6. The van der Waals surface area contributed by atoms with Crippen molar-refractivity contribution < 1.29 is 4.92 Å². The van der Waals surface area contributed by atoms with Crippen molar-refractivity contribution in [3.05, 3.63) is 68.7 Å². The highest BCUT2D eigenvalue weighted by Crippen LogP contribution is 2.16. The Kier molecular flexibility index (Phi) is 4.25. The van der Waals surface area contributed by atoms with E-state index in [2.05, 4.69) is 26.5 Å². The Hall–Kier alpha value is -2.21. The van der Waals surface area contributed by atoms with E-state index in [-0.39, 0.29) is 5.69 Å². The summed E-state index contributed by atoms with van der Waals surface area (Å²) in [7, 11) is 0. The van der Waals surface area contributed by atoms with Gasteiger partial charge in [-0.25, -0.2) is 0 Å². The smallest absolute Gasteiger partial charge is 0.271 e. The normalized spacial score (nSPS) is 10.6. The fourth-order valence-corrected chi connectivity index (χ4v) is 1.68. The van der Waals surface area contributed by atoms with Gasteiger partial charge in [0.15, 0.2) is 0 Å². The summed E-state index contributed by atoms with van der Waals surface area (Å²) in [5.74, 6) is 0. The number of hydrazone groups is 1. The van der Waals surface area contributed by atoms with Crippen molar-refractivity contribution in [3.8, 4) is 0 Å². The number of hydrogen-bond acceptors (Lipinski definition) is 4. The lowest BCUT2D eigenvalue weighted by atomic mass is 10.2. The Bertz CT molecular complexity index is 612. The van der Waals surface area contributed by atoms with Gasteiger partial charge in [0.05, 0.1) is 16.8 Å². The molecule has 6 heteroatoms. The first-order valence-electron chi connectivity index (χ1n) is 5.44. The van der Waals surface area contributed by atoms with Crippen LogP contribution in [0.25, 0.3) is 0 Å². The van der Waals surface area contributed by atoms with Crippen molar-refractivity contribution in [3.63, 3.8) is 0 Å². The van der Waals surface area contributed by atoms with Gasteiger partial charge in [-0.05, 0) is 23.8 Å². The maximum Gasteiger partial charge on any atom is 0.271 e. The molecule has 2 rings (SSSR count). The highest BCUT2D eigenvalue weighted by atomic mass is 79.9. The largest absolute Gasteiger partial charge is 0.278 e. The Labute approximate surface area is 118 Å². The second kappa shape index (κ2) is 6.10. The molecule has 0 aliphatic rings. The predicted octanol–water partition coefficient (Wildman–Crippen LogP) is 3.80. The topological polar surface area (TPSA) is 67.5 Å². The van der Waals surface area contributed by atoms with E-state index < -0.39 is 4.92 Å². The summed E-state index contributed by atoms with van der Waals surface area (Å²) in [4.78, 5) is 10.2. The average molecular weight is 320 g/mol. The van der Waals surface area contributed by atoms with Gasteiger partial charge in [-0.2, -0.15) is 5.10 Å². The number of nitro groups is 1. The fourth-order valence-electron chi connectivity index (χ4n) is 1.42. The molecular weight excluding hydrogens is 310 g/mol. The third-order valence-corrected chi connectivity index (χ3v) is 2.86. The first kappa shape index (κ1) is 13.2. The van der Waals surface area contributed by atoms with Crippen molar-refractivity contribution in [2.75, 3.05) is 5.43 Å². The van der Waals surface area contributed by atoms with Crippen LogP contribution in [0.1, 0.15) is 5.56 Å². The lowest BCUT2D eigenvalue weighted by Crippen LogP contribution is -1.92. The zero-order valence-corrected chi connectivity index (χ0v) is 11.4. The summed E-state index contributed by atoms with van der Waals surface area (Å²) in [6.45, 7) is 0. The minimum Gasteiger partial charge on any atom is -0.278 e. The maximum atomic E-state index is 10.6. The first-order chi connectivity index (χ1) is 9.15. The van der Waals surface area contributed by atoms with E-state index in [4.69, 9.17) is 0 Å². The minimum atomic E-state index is -0.441. The molecule has 0 saturated carbocycles. The molecule has 0 spiro atoms. The minimum absolute atomic E-state index is 0.0313. The van der Waals surface area contributed by atoms with E-state index in [1.165, 1.54) is 12.1 Å². The molecular formula is C13H10BrN3O2. The molecule has 0 aromatic heterocycles. The highest BCUT2D eigenvalue weighted by Gasteiger charge is 2.04. The molecule has 96 valence electrons. The molecule has 0 saturated heterocycles. The fraction of sp³-hybridized carbons (Fsp3) is 0. The van der Waals surface area contributed by atoms with Crippen LogP contribution in [0.4, 0.5) is 11.4 Å². The maximum absolute atomic E-state index is 10.6. The number of nitro benzene ring substituents is 1. The molecule has 1 N–H and O–H groups in total. The van der Waals surface area contributed by atoms with E-state index in [0.29, 0.717) is 5.69 Å². The van der Waals surface area contributed by atoms with E-state index >= 15 is 0 Å². The van der Waals surface area contributed by atoms with Crippen LogP contribution in [-0.4, -0.2) is 11.1 Å². The SMILES string of the molecule is O=[N+]([O-])c1cccc(NN=Cc2ccc(Br)cc2)c1. The van der Waals surface area contributed by atoms with E-state index in [1.807, 2.05) is 24.3 Å². The van der Waals surface area contributed by atoms with Gasteiger partial charge >= 0.3 is 0 Å². The van der Waals surface area contributed by atoms with Gasteiger partial charge in [-0.15, -0.1) is 0 Å². The quantitative estimate of drug-likeness (QED) is 0.529. The van der Waals surface area contributed by atoms with Crippen molar-refractivity contribution >= 4 is 33.5 Å². The average Bonchev–Trinajstić information content (AvgIpc) is 2.41. The van der Waals surface area contributed by atoms with Crippen LogP contribution in [0.2, 0.25) is 0 Å². The standard InChI is InChI=1S/C13H10BrN3O2/c14-11-6-4-10(5-7-11)9-15-16-12-2-1-3-13(8-12)17(18)19/h1-9,16H. The third kappa shape index (κ3) is 3.89. The van der Waals surface area contributed by atoms with Crippen LogP contribution < -0.4 is 5.43 Å². The second-order valence-electron chi connectivity index (χ2n) is 3.73. The summed E-state index contributed by atoms with van der Waals surface area (Å²) < 4.78 is 0.997. The predicted molar refractivity (Wildman–Crippen MR) is 78.5 cm³/mol. The molecule has 0 bridgehead atoms. The molecule has 0 heterocycles. The Balaban J connectivity index is 2.04. The number of benzene rings is 2. The van der Waals surface area contributed by atoms with Gasteiger partial charge in [-0.3, -0.25) is 15.5 Å². The van der Waals surface area contributed by atoms with Crippen molar-refractivity contribution in [2.24, 2.45) is 5.10 Å². The molecule has 5 nitrogen and oxygen atoms in total. The molecule has 0 radical (unpaired) electrons. The highest BCUT2D eigenvalue weighted by molar-refractivity contribution is 9.10. The first-order valence-corrected chi connectivity index (χ1v) is 6.23. The van der Waals surface area contributed by atoms with Crippen LogP contribution in [0.5, 0.6) is 0 Å². The molecule has 19 heavy (non-hydrogen) atoms. The zero-order chi connectivity index (χ0) is 13.7. The van der Waals surface area contributed by atoms with Crippen molar-refractivity contribution in [1.82, 2.24) is 0 Å². The summed E-state index contributed by atoms with van der Waals surface area (Å²) >= 11 is 3.35. The van der Waals surface area contributed by atoms with Gasteiger partial charge in [0.25, 0.3) is 5.69 Å². The molecule has 0 fully saturated rings. The summed E-state index contributed by atoms with van der Waals surface area (Å²) in [5.41, 5.74) is 4.29. The third-order valence-electron chi connectivity index (χ3n) is 2.33. The Morgan fingerprint density at radius 3 is 2.63 bits per heavy atom. The second-order valence-corrected chi connectivity index (χ2v) is 4.64. The van der Waals surface area contributed by atoms with Gasteiger partial charge in [0.2, 0.25) is 0 Å². The Morgan fingerprint density at radius 1 is 1.21 bits per heavy atom. The zero-order valence-electron chi connectivity index (χ0n) is 9.79. The lowest BCUT2D eigenvalue weighted by Gasteiger charge is -1.99. The number of non-ortho nitro benzene ring substituents is 1. The summed E-state index contributed by atoms with van der Waals surface area (Å²) in [6, 6.07) is 13.8. The van der Waals surface area contributed by atoms with E-state index in [0.717, 1.165) is 10.0 Å². The van der Waals surface area contributed by atoms with E-state index in [1.54, 1.807) is 18.3 Å². The molecule has 0 atom stereocenters. The monoisotopic (exact) mass is 319 g/mol. The number of nitrogens with one attached hydrogen (secondary N) is 1. The molecule has 0 aliphatic heterocycles. The molecule has 0 amide bonds. The van der Waals surface area contributed by atoms with Crippen LogP contribution in [0.15, 0.2) is 58.1 Å². The van der Waals surface area contributed by atoms with Gasteiger partial charge < -0.3 is 0 Å². The van der Waals surface area contributed by atoms with Crippen molar-refractivity contribution in [2.45, 2.75) is 0 Å². The molecule has 2 aromatic carbocycles. The van der Waals surface area contributed by atoms with Crippen LogP contribution >= 0.6 is 15.9 Å². The molecule has 0 aliphatic carbocycles. The van der Waals surface area contributed by atoms with E-state index in [9.17, 15) is 10.1 Å². The summed E-state index contributed by atoms with van der Waals surface area (Å²) in [6.07, 6.45) is 1.64. The Morgan fingerprint density at radius 2 is 1.95 bits per heavy atom. The molecule has 2 aromatic rings. The number of rotatable bonds is 4. The molecule has 0 unspecified atom stereocenters. The van der Waals surface area contributed by atoms with Gasteiger partial charge in [0, 0.05) is 16.6 Å². The van der Waals surface area contributed by atoms with Crippen LogP contribution in [0.3, 0.4) is 0 Å². The van der Waals surface area contributed by atoms with Crippen LogP contribution in [-0.2, 0) is 0 Å². The van der Waals surface area contributed by atoms with Crippen LogP contribution in [0, 0.1) is 10.1 Å². The lowest BCUT2D eigenvalue weighted by molar-refractivity contribution is -0.384. The number of anilines is 1. The van der Waals surface area contributed by atoms with Crippen molar-refractivity contribution in [1.29, 1.82) is 0 Å². The number of hydrogen-bond donors (Lipinski definition) is 1. The van der Waals surface area contributed by atoms with Gasteiger partial charge in [-0.1, -0.05) is 34.1 Å². The van der Waals surface area contributed by atoms with Gasteiger partial charge in [0.1, 0.15) is 0 Å². The number of halogens is 1. The number of nitrogens with zero attached hydrogens (tertiary/aromatic N) is 2.